The average molecular weight is 760 g/mol. The number of hydrogen-bond donors (Lipinski definition) is 0. The molecule has 1 fully saturated rings. The molecule has 3 aliphatic heterocycles. The van der Waals surface area contributed by atoms with E-state index in [0.717, 1.165) is 34.2 Å². The molecule has 1 saturated carbocycles. The van der Waals surface area contributed by atoms with Crippen LogP contribution in [0.5, 0.6) is 11.5 Å². The van der Waals surface area contributed by atoms with Gasteiger partial charge in [0.25, 0.3) is 6.71 Å². The maximum atomic E-state index is 6.43. The van der Waals surface area contributed by atoms with Crippen molar-refractivity contribution in [1.82, 2.24) is 0 Å². The summed E-state index contributed by atoms with van der Waals surface area (Å²) in [5, 5.41) is 0. The van der Waals surface area contributed by atoms with Crippen LogP contribution in [0.1, 0.15) is 43.6 Å². The predicted molar refractivity (Wildman–Crippen MR) is 246 cm³/mol. The highest BCUT2D eigenvalue weighted by atomic mass is 16.5. The molecule has 0 amide bonds. The Hall–Kier alpha value is -6.98. The molecule has 8 aromatic rings. The van der Waals surface area contributed by atoms with Crippen LogP contribution in [0.25, 0.3) is 11.1 Å². The van der Waals surface area contributed by atoms with Crippen molar-refractivity contribution in [2.24, 2.45) is 0 Å². The lowest BCUT2D eigenvalue weighted by molar-refractivity contribution is 0.444. The van der Waals surface area contributed by atoms with E-state index in [9.17, 15) is 0 Å². The topological polar surface area (TPSA) is 19.0 Å². The van der Waals surface area contributed by atoms with Gasteiger partial charge in [-0.15, -0.1) is 0 Å². The van der Waals surface area contributed by atoms with Gasteiger partial charge in [0, 0.05) is 39.8 Å². The van der Waals surface area contributed by atoms with Gasteiger partial charge in [-0.1, -0.05) is 128 Å². The smallest absolute Gasteiger partial charge is 0.252 e. The molecular formula is C54H42BN3O. The van der Waals surface area contributed by atoms with Crippen LogP contribution in [-0.4, -0.2) is 6.71 Å². The first kappa shape index (κ1) is 34.1. The predicted octanol–water partition coefficient (Wildman–Crippen LogP) is 13.1. The van der Waals surface area contributed by atoms with Crippen molar-refractivity contribution < 1.29 is 4.74 Å². The van der Waals surface area contributed by atoms with Gasteiger partial charge in [-0.25, -0.2) is 0 Å². The molecule has 5 heteroatoms. The van der Waals surface area contributed by atoms with E-state index >= 15 is 0 Å². The van der Waals surface area contributed by atoms with E-state index in [0.29, 0.717) is 5.92 Å². The summed E-state index contributed by atoms with van der Waals surface area (Å²) in [7, 11) is 0. The van der Waals surface area contributed by atoms with Crippen LogP contribution < -0.4 is 35.8 Å². The third kappa shape index (κ3) is 5.52. The van der Waals surface area contributed by atoms with Crippen LogP contribution >= 0.6 is 0 Å². The van der Waals surface area contributed by atoms with Gasteiger partial charge < -0.3 is 19.4 Å². The molecule has 3 heterocycles. The summed E-state index contributed by atoms with van der Waals surface area (Å²) in [5.74, 6) is 2.23. The lowest BCUT2D eigenvalue weighted by atomic mass is 9.33. The fourth-order valence-electron chi connectivity index (χ4n) is 10.4. The second-order valence-corrected chi connectivity index (χ2v) is 16.3. The average Bonchev–Trinajstić information content (AvgIpc) is 3.31. The van der Waals surface area contributed by atoms with E-state index < -0.39 is 0 Å². The Balaban J connectivity index is 1.10. The number of fused-ring (bicyclic) bond motifs is 6. The summed E-state index contributed by atoms with van der Waals surface area (Å²) in [6.07, 6.45) is 6.33. The minimum Gasteiger partial charge on any atom is -0.453 e. The fourth-order valence-corrected chi connectivity index (χ4v) is 10.4. The van der Waals surface area contributed by atoms with E-state index in [-0.39, 0.29) is 6.71 Å². The lowest BCUT2D eigenvalue weighted by Crippen LogP contribution is -2.61. The molecule has 0 bridgehead atoms. The number of hydrogen-bond acceptors (Lipinski definition) is 4. The summed E-state index contributed by atoms with van der Waals surface area (Å²) in [4.78, 5) is 7.47. The highest BCUT2D eigenvalue weighted by Gasteiger charge is 2.44. The van der Waals surface area contributed by atoms with Crippen LogP contribution in [0.3, 0.4) is 0 Å². The molecule has 0 radical (unpaired) electrons. The Bertz CT molecular complexity index is 2860. The van der Waals surface area contributed by atoms with Gasteiger partial charge in [0.05, 0.1) is 11.4 Å². The van der Waals surface area contributed by atoms with Gasteiger partial charge in [-0.2, -0.15) is 0 Å². The van der Waals surface area contributed by atoms with E-state index in [4.69, 9.17) is 4.74 Å². The zero-order valence-corrected chi connectivity index (χ0v) is 32.8. The largest absolute Gasteiger partial charge is 0.453 e. The Morgan fingerprint density at radius 3 is 1.47 bits per heavy atom. The number of nitrogens with zero attached hydrogens (tertiary/aromatic N) is 3. The van der Waals surface area contributed by atoms with Gasteiger partial charge in [-0.3, -0.25) is 0 Å². The number of para-hydroxylation sites is 6. The molecule has 1 aliphatic carbocycles. The SMILES string of the molecule is c1ccc(-c2cccc(N3c4ccccc4B4c5ccccc5N(c5cccc(N6c7ccccc7Oc7ccccc76)c5)c5cc(C6CCCCC6)cc3c54)c2)cc1. The molecule has 0 spiro atoms. The zero-order valence-electron chi connectivity index (χ0n) is 32.8. The van der Waals surface area contributed by atoms with Crippen molar-refractivity contribution in [1.29, 1.82) is 0 Å². The number of rotatable bonds is 5. The fraction of sp³-hybridized carbons (Fsp3) is 0.111. The molecule has 282 valence electrons. The normalized spacial score (nSPS) is 15.1. The standard InChI is InChI=1S/C54H42BN3O/c1-3-17-37(18-4-1)39-21-15-22-41(33-39)56-46-27-9-7-25-44(46)55-45-26-8-10-28-47(45)57(51-35-40(34-50(56)54(51)55)38-19-5-2-6-20-38)42-23-16-24-43(36-42)58-48-29-11-13-31-52(48)59-53-32-14-12-30-49(53)58/h1,3-4,7-18,21-36,38H,2,5-6,19-20H2. The monoisotopic (exact) mass is 759 g/mol. The van der Waals surface area contributed by atoms with Gasteiger partial charge >= 0.3 is 0 Å². The Morgan fingerprint density at radius 2 is 0.864 bits per heavy atom. The summed E-state index contributed by atoms with van der Waals surface area (Å²) < 4.78 is 6.43. The molecule has 0 aromatic heterocycles. The molecular weight excluding hydrogens is 717 g/mol. The minimum absolute atomic E-state index is 0.0822. The van der Waals surface area contributed by atoms with Crippen LogP contribution in [0.4, 0.5) is 51.2 Å². The molecule has 59 heavy (non-hydrogen) atoms. The van der Waals surface area contributed by atoms with Gasteiger partial charge in [0.1, 0.15) is 0 Å². The highest BCUT2D eigenvalue weighted by Crippen LogP contribution is 2.52. The molecule has 12 rings (SSSR count). The molecule has 4 aliphatic rings. The van der Waals surface area contributed by atoms with E-state index in [1.807, 2.05) is 12.1 Å². The molecule has 0 saturated heterocycles. The van der Waals surface area contributed by atoms with Crippen LogP contribution in [0.15, 0.2) is 188 Å². The lowest BCUT2D eigenvalue weighted by Gasteiger charge is -2.45. The van der Waals surface area contributed by atoms with Crippen molar-refractivity contribution in [2.45, 2.75) is 38.0 Å². The Labute approximate surface area is 346 Å². The van der Waals surface area contributed by atoms with Crippen molar-refractivity contribution >= 4 is 74.3 Å². The number of ether oxygens (including phenoxy) is 1. The molecule has 0 N–H and O–H groups in total. The number of anilines is 9. The van der Waals surface area contributed by atoms with Gasteiger partial charge in [-0.05, 0) is 131 Å². The first-order valence-corrected chi connectivity index (χ1v) is 21.2. The van der Waals surface area contributed by atoms with Crippen LogP contribution in [0.2, 0.25) is 0 Å². The second-order valence-electron chi connectivity index (χ2n) is 16.3. The third-order valence-corrected chi connectivity index (χ3v) is 13.0. The first-order valence-electron chi connectivity index (χ1n) is 21.2. The molecule has 4 nitrogen and oxygen atoms in total. The van der Waals surface area contributed by atoms with Crippen molar-refractivity contribution in [3.63, 3.8) is 0 Å². The summed E-state index contributed by atoms with van der Waals surface area (Å²) >= 11 is 0. The van der Waals surface area contributed by atoms with E-state index in [1.54, 1.807) is 0 Å². The van der Waals surface area contributed by atoms with E-state index in [2.05, 4.69) is 191 Å². The molecule has 0 atom stereocenters. The first-order chi connectivity index (χ1) is 29.3. The van der Waals surface area contributed by atoms with Crippen LogP contribution in [0, 0.1) is 0 Å². The maximum absolute atomic E-state index is 6.43. The van der Waals surface area contributed by atoms with Crippen LogP contribution in [-0.2, 0) is 0 Å². The second kappa shape index (κ2) is 13.8. The zero-order chi connectivity index (χ0) is 38.9. The minimum atomic E-state index is 0.0822. The Kier molecular flexibility index (Phi) is 8.00. The summed E-state index contributed by atoms with van der Waals surface area (Å²) in [5.41, 5.74) is 18.4. The van der Waals surface area contributed by atoms with Crippen molar-refractivity contribution in [2.75, 3.05) is 14.7 Å². The number of benzene rings is 8. The third-order valence-electron chi connectivity index (χ3n) is 13.0. The van der Waals surface area contributed by atoms with E-state index in [1.165, 1.54) is 93.6 Å². The van der Waals surface area contributed by atoms with Crippen molar-refractivity contribution in [3.8, 4) is 22.6 Å². The highest BCUT2D eigenvalue weighted by molar-refractivity contribution is 7.00. The molecule has 8 aromatic carbocycles. The summed E-state index contributed by atoms with van der Waals surface area (Å²) in [6.45, 7) is 0.0822. The maximum Gasteiger partial charge on any atom is 0.252 e. The molecule has 0 unspecified atom stereocenters. The van der Waals surface area contributed by atoms with Crippen molar-refractivity contribution in [3.05, 3.63) is 194 Å². The van der Waals surface area contributed by atoms with Gasteiger partial charge in [0.2, 0.25) is 0 Å². The quantitative estimate of drug-likeness (QED) is 0.163. The Morgan fingerprint density at radius 1 is 0.390 bits per heavy atom. The summed E-state index contributed by atoms with van der Waals surface area (Å²) in [6, 6.07) is 69.1. The van der Waals surface area contributed by atoms with Gasteiger partial charge in [0.15, 0.2) is 11.5 Å².